The highest BCUT2D eigenvalue weighted by molar-refractivity contribution is 7.89. The number of carbonyl (C=O) groups is 1. The number of hydrogen-bond donors (Lipinski definition) is 4. The van der Waals surface area contributed by atoms with Crippen LogP contribution in [0.4, 0.5) is 5.69 Å². The Morgan fingerprint density at radius 2 is 2.05 bits per heavy atom. The van der Waals surface area contributed by atoms with E-state index in [2.05, 4.69) is 20.4 Å². The van der Waals surface area contributed by atoms with Gasteiger partial charge in [0.15, 0.2) is 0 Å². The zero-order valence-electron chi connectivity index (χ0n) is 12.3. The SMILES string of the molecule is CC(C)CNC(=O)C(C)NS(=O)(=O)c1cnccc1NN. The number of aromatic nitrogens is 1. The third-order valence-corrected chi connectivity index (χ3v) is 4.21. The minimum atomic E-state index is -3.90. The highest BCUT2D eigenvalue weighted by atomic mass is 32.2. The molecule has 0 aliphatic carbocycles. The second-order valence-corrected chi connectivity index (χ2v) is 6.68. The topological polar surface area (TPSA) is 126 Å². The first kappa shape index (κ1) is 17.3. The minimum Gasteiger partial charge on any atom is -0.354 e. The lowest BCUT2D eigenvalue weighted by Crippen LogP contribution is -2.45. The molecule has 9 heteroatoms. The highest BCUT2D eigenvalue weighted by Crippen LogP contribution is 2.18. The van der Waals surface area contributed by atoms with Crippen LogP contribution in [0, 0.1) is 5.92 Å². The summed E-state index contributed by atoms with van der Waals surface area (Å²) in [7, 11) is -3.90. The average molecular weight is 315 g/mol. The van der Waals surface area contributed by atoms with Gasteiger partial charge in [-0.3, -0.25) is 15.6 Å². The molecule has 0 saturated carbocycles. The van der Waals surface area contributed by atoms with Crippen LogP contribution in [0.15, 0.2) is 23.4 Å². The van der Waals surface area contributed by atoms with Crippen molar-refractivity contribution in [1.82, 2.24) is 15.0 Å². The molecule has 1 atom stereocenters. The van der Waals surface area contributed by atoms with Crippen molar-refractivity contribution in [3.8, 4) is 0 Å². The summed E-state index contributed by atoms with van der Waals surface area (Å²) in [5.74, 6) is 5.16. The van der Waals surface area contributed by atoms with Crippen molar-refractivity contribution in [1.29, 1.82) is 0 Å². The Morgan fingerprint density at radius 3 is 2.62 bits per heavy atom. The molecule has 1 aromatic rings. The number of nitrogens with two attached hydrogens (primary N) is 1. The third kappa shape index (κ3) is 4.96. The zero-order chi connectivity index (χ0) is 16.0. The van der Waals surface area contributed by atoms with Crippen molar-refractivity contribution in [2.45, 2.75) is 31.7 Å². The number of hydrazine groups is 1. The van der Waals surface area contributed by atoms with Crippen LogP contribution in [-0.4, -0.2) is 31.9 Å². The number of sulfonamides is 1. The van der Waals surface area contributed by atoms with Gasteiger partial charge in [-0.05, 0) is 18.9 Å². The van der Waals surface area contributed by atoms with E-state index in [0.717, 1.165) is 6.20 Å². The molecular weight excluding hydrogens is 294 g/mol. The fourth-order valence-corrected chi connectivity index (χ4v) is 2.84. The Hall–Kier alpha value is -1.71. The first-order chi connectivity index (χ1) is 9.77. The number of nitrogen functional groups attached to an aromatic ring is 1. The van der Waals surface area contributed by atoms with E-state index in [1.807, 2.05) is 13.8 Å². The Balaban J connectivity index is 2.83. The Bertz CT molecular complexity index is 588. The van der Waals surface area contributed by atoms with Gasteiger partial charge in [0, 0.05) is 18.9 Å². The third-order valence-electron chi connectivity index (χ3n) is 2.64. The van der Waals surface area contributed by atoms with Crippen LogP contribution in [0.2, 0.25) is 0 Å². The fraction of sp³-hybridized carbons (Fsp3) is 0.500. The molecular formula is C12H21N5O3S. The Morgan fingerprint density at radius 1 is 1.38 bits per heavy atom. The maximum absolute atomic E-state index is 12.2. The van der Waals surface area contributed by atoms with Crippen LogP contribution in [0.1, 0.15) is 20.8 Å². The highest BCUT2D eigenvalue weighted by Gasteiger charge is 2.24. The lowest BCUT2D eigenvalue weighted by atomic mass is 10.2. The summed E-state index contributed by atoms with van der Waals surface area (Å²) in [6.45, 7) is 5.85. The number of nitrogens with zero attached hydrogens (tertiary/aromatic N) is 1. The van der Waals surface area contributed by atoms with Crippen molar-refractivity contribution in [2.75, 3.05) is 12.0 Å². The van der Waals surface area contributed by atoms with Gasteiger partial charge in [0.25, 0.3) is 0 Å². The van der Waals surface area contributed by atoms with Gasteiger partial charge in [-0.1, -0.05) is 13.8 Å². The normalized spacial score (nSPS) is 13.0. The van der Waals surface area contributed by atoms with E-state index in [4.69, 9.17) is 5.84 Å². The molecule has 1 amide bonds. The smallest absolute Gasteiger partial charge is 0.244 e. The van der Waals surface area contributed by atoms with Crippen molar-refractivity contribution in [3.05, 3.63) is 18.5 Å². The number of amides is 1. The van der Waals surface area contributed by atoms with Crippen molar-refractivity contribution in [2.24, 2.45) is 11.8 Å². The van der Waals surface area contributed by atoms with Crippen LogP contribution in [-0.2, 0) is 14.8 Å². The monoisotopic (exact) mass is 315 g/mol. The molecule has 0 saturated heterocycles. The van der Waals surface area contributed by atoms with Gasteiger partial charge in [0.05, 0.1) is 11.7 Å². The number of hydrogen-bond acceptors (Lipinski definition) is 6. The Labute approximate surface area is 124 Å². The Kier molecular flexibility index (Phi) is 6.06. The van der Waals surface area contributed by atoms with Crippen LogP contribution >= 0.6 is 0 Å². The van der Waals surface area contributed by atoms with E-state index >= 15 is 0 Å². The van der Waals surface area contributed by atoms with Gasteiger partial charge >= 0.3 is 0 Å². The lowest BCUT2D eigenvalue weighted by Gasteiger charge is -2.16. The largest absolute Gasteiger partial charge is 0.354 e. The molecule has 21 heavy (non-hydrogen) atoms. The van der Waals surface area contributed by atoms with Crippen molar-refractivity contribution in [3.63, 3.8) is 0 Å². The average Bonchev–Trinajstić information content (AvgIpc) is 2.44. The predicted molar refractivity (Wildman–Crippen MR) is 79.7 cm³/mol. The first-order valence-electron chi connectivity index (χ1n) is 6.48. The van der Waals surface area contributed by atoms with Crippen LogP contribution in [0.5, 0.6) is 0 Å². The minimum absolute atomic E-state index is 0.115. The molecule has 8 nitrogen and oxygen atoms in total. The van der Waals surface area contributed by atoms with Crippen LogP contribution in [0.3, 0.4) is 0 Å². The molecule has 1 heterocycles. The van der Waals surface area contributed by atoms with Gasteiger partial charge in [-0.2, -0.15) is 4.72 Å². The van der Waals surface area contributed by atoms with E-state index in [1.54, 1.807) is 0 Å². The van der Waals surface area contributed by atoms with E-state index in [1.165, 1.54) is 19.2 Å². The van der Waals surface area contributed by atoms with E-state index < -0.39 is 22.0 Å². The lowest BCUT2D eigenvalue weighted by molar-refractivity contribution is -0.122. The van der Waals surface area contributed by atoms with Gasteiger partial charge < -0.3 is 10.7 Å². The number of rotatable bonds is 7. The molecule has 0 aromatic carbocycles. The molecule has 5 N–H and O–H groups in total. The summed E-state index contributed by atoms with van der Waals surface area (Å²) in [5.41, 5.74) is 2.49. The molecule has 1 aromatic heterocycles. The van der Waals surface area contributed by atoms with Crippen molar-refractivity contribution < 1.29 is 13.2 Å². The molecule has 0 bridgehead atoms. The van der Waals surface area contributed by atoms with Gasteiger partial charge in [-0.15, -0.1) is 0 Å². The van der Waals surface area contributed by atoms with E-state index in [9.17, 15) is 13.2 Å². The maximum Gasteiger partial charge on any atom is 0.244 e. The zero-order valence-corrected chi connectivity index (χ0v) is 13.1. The number of anilines is 1. The van der Waals surface area contributed by atoms with Gasteiger partial charge in [0.1, 0.15) is 4.90 Å². The molecule has 118 valence electrons. The molecule has 0 spiro atoms. The summed E-state index contributed by atoms with van der Waals surface area (Å²) in [6, 6.07) is 0.525. The van der Waals surface area contributed by atoms with E-state index in [-0.39, 0.29) is 16.5 Å². The van der Waals surface area contributed by atoms with E-state index in [0.29, 0.717) is 6.54 Å². The van der Waals surface area contributed by atoms with Crippen molar-refractivity contribution >= 4 is 21.6 Å². The summed E-state index contributed by atoms with van der Waals surface area (Å²) < 4.78 is 26.8. The number of nitrogens with one attached hydrogen (secondary N) is 3. The molecule has 0 aliphatic rings. The summed E-state index contributed by atoms with van der Waals surface area (Å²) in [5, 5.41) is 2.66. The van der Waals surface area contributed by atoms with Gasteiger partial charge in [0.2, 0.25) is 15.9 Å². The predicted octanol–water partition coefficient (Wildman–Crippen LogP) is -0.194. The molecule has 0 fully saturated rings. The number of carbonyl (C=O) groups excluding carboxylic acids is 1. The number of pyridine rings is 1. The second kappa shape index (κ2) is 7.34. The van der Waals surface area contributed by atoms with Crippen LogP contribution in [0.25, 0.3) is 0 Å². The molecule has 0 aliphatic heterocycles. The quantitative estimate of drug-likeness (QED) is 0.408. The summed E-state index contributed by atoms with van der Waals surface area (Å²) in [4.78, 5) is 15.5. The van der Waals surface area contributed by atoms with Gasteiger partial charge in [-0.25, -0.2) is 8.42 Å². The molecule has 1 rings (SSSR count). The summed E-state index contributed by atoms with van der Waals surface area (Å²) >= 11 is 0. The molecule has 1 unspecified atom stereocenters. The first-order valence-corrected chi connectivity index (χ1v) is 7.97. The van der Waals surface area contributed by atoms with Crippen LogP contribution < -0.4 is 21.3 Å². The summed E-state index contributed by atoms with van der Waals surface area (Å²) in [6.07, 6.45) is 2.57. The standard InChI is InChI=1S/C12H21N5O3S/c1-8(2)6-15-12(18)9(3)17-21(19,20)11-7-14-5-4-10(11)16-13/h4-5,7-9,17H,6,13H2,1-3H3,(H,14,16)(H,15,18). The molecule has 0 radical (unpaired) electrons. The fourth-order valence-electron chi connectivity index (χ4n) is 1.52. The second-order valence-electron chi connectivity index (χ2n) is 5.00. The maximum atomic E-state index is 12.2.